The number of carboxylic acids is 1. The highest BCUT2D eigenvalue weighted by Gasteiger charge is 2.33. The van der Waals surface area contributed by atoms with Crippen LogP contribution in [0.25, 0.3) is 54.1 Å². The topological polar surface area (TPSA) is 90.1 Å². The van der Waals surface area contributed by atoms with Crippen LogP contribution in [0.2, 0.25) is 5.02 Å². The van der Waals surface area contributed by atoms with Crippen molar-refractivity contribution in [3.8, 4) is 33.0 Å². The molecule has 6 aromatic rings. The van der Waals surface area contributed by atoms with E-state index >= 15 is 0 Å². The maximum atomic E-state index is 12.7. The standard InChI is InChI=1S/C36H33ClN4O3S/c1-19-16-27-33(30(20-8-11-24(37)12-9-20)29(19)32(35(42)43)44-36(2,3)4)45-34(39-27)23-14-15-38-26(18-23)22-10-13-28-25(17-22)31(21-6-7-21)40-41(28)5/h8-18,21,32H,6-7H2,1-5H3,(H,42,43)/t32-/m0/s1. The molecule has 0 unspecified atom stereocenters. The summed E-state index contributed by atoms with van der Waals surface area (Å²) in [6.45, 7) is 7.51. The van der Waals surface area contributed by atoms with Crippen molar-refractivity contribution in [2.45, 2.75) is 58.2 Å². The molecule has 7 rings (SSSR count). The van der Waals surface area contributed by atoms with Gasteiger partial charge in [0.15, 0.2) is 6.10 Å². The van der Waals surface area contributed by atoms with Crippen LogP contribution in [0, 0.1) is 6.92 Å². The molecule has 1 aliphatic rings. The first-order chi connectivity index (χ1) is 21.5. The van der Waals surface area contributed by atoms with Crippen LogP contribution in [0.5, 0.6) is 0 Å². The highest BCUT2D eigenvalue weighted by molar-refractivity contribution is 7.22. The Hall–Kier alpha value is -4.11. The summed E-state index contributed by atoms with van der Waals surface area (Å²) in [5.74, 6) is -0.495. The van der Waals surface area contributed by atoms with E-state index in [9.17, 15) is 9.90 Å². The van der Waals surface area contributed by atoms with E-state index in [-0.39, 0.29) is 0 Å². The average molecular weight is 637 g/mol. The molecule has 7 nitrogen and oxygen atoms in total. The molecule has 0 aliphatic heterocycles. The van der Waals surface area contributed by atoms with Gasteiger partial charge in [-0.15, -0.1) is 11.3 Å². The molecule has 0 radical (unpaired) electrons. The summed E-state index contributed by atoms with van der Waals surface area (Å²) in [4.78, 5) is 22.5. The Morgan fingerprint density at radius 1 is 1.04 bits per heavy atom. The highest BCUT2D eigenvalue weighted by atomic mass is 35.5. The average Bonchev–Trinajstić information content (AvgIpc) is 3.67. The number of benzene rings is 3. The summed E-state index contributed by atoms with van der Waals surface area (Å²) in [6, 6.07) is 19.9. The molecule has 3 aromatic heterocycles. The van der Waals surface area contributed by atoms with Crippen LogP contribution in [-0.2, 0) is 16.6 Å². The van der Waals surface area contributed by atoms with Crippen molar-refractivity contribution in [2.75, 3.05) is 0 Å². The van der Waals surface area contributed by atoms with Gasteiger partial charge in [-0.25, -0.2) is 9.78 Å². The Balaban J connectivity index is 1.37. The number of thiazole rings is 1. The molecule has 3 aromatic carbocycles. The first-order valence-electron chi connectivity index (χ1n) is 15.0. The normalized spacial score (nSPS) is 14.4. The molecule has 1 N–H and O–H groups in total. The Bertz CT molecular complexity index is 2110. The second-order valence-corrected chi connectivity index (χ2v) is 14.2. The fourth-order valence-electron chi connectivity index (χ4n) is 5.99. The first-order valence-corrected chi connectivity index (χ1v) is 16.2. The van der Waals surface area contributed by atoms with Crippen LogP contribution in [0.3, 0.4) is 0 Å². The number of nitrogens with zero attached hydrogens (tertiary/aromatic N) is 4. The number of hydrogen-bond donors (Lipinski definition) is 1. The third-order valence-electron chi connectivity index (χ3n) is 8.16. The minimum Gasteiger partial charge on any atom is -0.479 e. The first kappa shape index (κ1) is 29.6. The zero-order valence-corrected chi connectivity index (χ0v) is 27.3. The van der Waals surface area contributed by atoms with Gasteiger partial charge in [0.1, 0.15) is 5.01 Å². The lowest BCUT2D eigenvalue weighted by atomic mass is 9.91. The quantitative estimate of drug-likeness (QED) is 0.188. The Kier molecular flexibility index (Phi) is 7.27. The zero-order valence-electron chi connectivity index (χ0n) is 25.8. The summed E-state index contributed by atoms with van der Waals surface area (Å²) in [7, 11) is 2.00. The number of fused-ring (bicyclic) bond motifs is 2. The van der Waals surface area contributed by atoms with E-state index in [0.717, 1.165) is 54.3 Å². The summed E-state index contributed by atoms with van der Waals surface area (Å²) in [6.07, 6.45) is 3.04. The summed E-state index contributed by atoms with van der Waals surface area (Å²) in [5.41, 5.74) is 8.32. The lowest BCUT2D eigenvalue weighted by Crippen LogP contribution is -2.28. The zero-order chi connectivity index (χ0) is 31.6. The number of hydrogen-bond acceptors (Lipinski definition) is 6. The van der Waals surface area contributed by atoms with E-state index in [1.807, 2.05) is 82.0 Å². The van der Waals surface area contributed by atoms with E-state index in [2.05, 4.69) is 24.3 Å². The summed E-state index contributed by atoms with van der Waals surface area (Å²) >= 11 is 7.80. The largest absolute Gasteiger partial charge is 0.479 e. The van der Waals surface area contributed by atoms with E-state index < -0.39 is 17.7 Å². The summed E-state index contributed by atoms with van der Waals surface area (Å²) in [5, 5.41) is 17.8. The molecule has 1 saturated carbocycles. The molecule has 3 heterocycles. The lowest BCUT2D eigenvalue weighted by molar-refractivity contribution is -0.160. The molecule has 0 bridgehead atoms. The lowest BCUT2D eigenvalue weighted by Gasteiger charge is -2.28. The number of aryl methyl sites for hydroxylation is 2. The van der Waals surface area contributed by atoms with Crippen LogP contribution < -0.4 is 0 Å². The molecule has 1 atom stereocenters. The van der Waals surface area contributed by atoms with Gasteiger partial charge in [0.25, 0.3) is 0 Å². The molecule has 9 heteroatoms. The van der Waals surface area contributed by atoms with Gasteiger partial charge in [0, 0.05) is 51.8 Å². The van der Waals surface area contributed by atoms with Crippen molar-refractivity contribution in [3.63, 3.8) is 0 Å². The Morgan fingerprint density at radius 2 is 1.78 bits per heavy atom. The van der Waals surface area contributed by atoms with E-state index in [1.54, 1.807) is 0 Å². The molecule has 1 fully saturated rings. The van der Waals surface area contributed by atoms with Crippen molar-refractivity contribution >= 4 is 50.0 Å². The fourth-order valence-corrected chi connectivity index (χ4v) is 7.24. The Morgan fingerprint density at radius 3 is 2.47 bits per heavy atom. The second-order valence-electron chi connectivity index (χ2n) is 12.7. The van der Waals surface area contributed by atoms with Gasteiger partial charge >= 0.3 is 5.97 Å². The van der Waals surface area contributed by atoms with Crippen LogP contribution in [-0.4, -0.2) is 36.4 Å². The number of carbonyl (C=O) groups is 1. The molecular weight excluding hydrogens is 604 g/mol. The van der Waals surface area contributed by atoms with E-state index in [4.69, 9.17) is 31.4 Å². The number of rotatable bonds is 7. The van der Waals surface area contributed by atoms with Crippen molar-refractivity contribution in [2.24, 2.45) is 7.05 Å². The number of halogens is 1. The monoisotopic (exact) mass is 636 g/mol. The molecule has 0 saturated heterocycles. The predicted octanol–water partition coefficient (Wildman–Crippen LogP) is 9.36. The van der Waals surface area contributed by atoms with Crippen LogP contribution in [0.4, 0.5) is 0 Å². The number of ether oxygens (including phenoxy) is 1. The van der Waals surface area contributed by atoms with Gasteiger partial charge in [0.2, 0.25) is 0 Å². The third kappa shape index (κ3) is 5.63. The number of aliphatic carboxylic acids is 1. The van der Waals surface area contributed by atoms with Gasteiger partial charge in [0.05, 0.1) is 32.7 Å². The van der Waals surface area contributed by atoms with Gasteiger partial charge in [-0.2, -0.15) is 5.10 Å². The number of carboxylic acid groups (broad SMARTS) is 1. The van der Waals surface area contributed by atoms with Crippen LogP contribution in [0.1, 0.15) is 62.5 Å². The van der Waals surface area contributed by atoms with Crippen molar-refractivity contribution in [1.29, 1.82) is 0 Å². The fraction of sp³-hybridized carbons (Fsp3) is 0.278. The molecule has 45 heavy (non-hydrogen) atoms. The van der Waals surface area contributed by atoms with E-state index in [0.29, 0.717) is 16.5 Å². The number of aromatic nitrogens is 4. The van der Waals surface area contributed by atoms with Crippen molar-refractivity contribution in [3.05, 3.63) is 88.7 Å². The molecule has 228 valence electrons. The minimum atomic E-state index is -1.17. The van der Waals surface area contributed by atoms with E-state index in [1.165, 1.54) is 35.3 Å². The van der Waals surface area contributed by atoms with Gasteiger partial charge in [-0.1, -0.05) is 29.8 Å². The van der Waals surface area contributed by atoms with Crippen molar-refractivity contribution in [1.82, 2.24) is 19.7 Å². The SMILES string of the molecule is Cc1cc2nc(-c3ccnc(-c4ccc5c(c4)c(C4CC4)nn5C)c3)sc2c(-c2ccc(Cl)cc2)c1[C@H](OC(C)(C)C)C(=O)O. The molecule has 0 amide bonds. The predicted molar refractivity (Wildman–Crippen MR) is 181 cm³/mol. The molecule has 0 spiro atoms. The van der Waals surface area contributed by atoms with Crippen LogP contribution >= 0.6 is 22.9 Å². The second kappa shape index (κ2) is 11.1. The van der Waals surface area contributed by atoms with Gasteiger partial charge in [-0.3, -0.25) is 9.67 Å². The van der Waals surface area contributed by atoms with Crippen molar-refractivity contribution < 1.29 is 14.6 Å². The number of pyridine rings is 1. The Labute approximate surface area is 270 Å². The highest BCUT2D eigenvalue weighted by Crippen LogP contribution is 2.45. The molecular formula is C36H33ClN4O3S. The summed E-state index contributed by atoms with van der Waals surface area (Å²) < 4.78 is 9.02. The molecule has 1 aliphatic carbocycles. The van der Waals surface area contributed by atoms with Gasteiger partial charge in [-0.05, 0) is 94.1 Å². The maximum absolute atomic E-state index is 12.7. The smallest absolute Gasteiger partial charge is 0.337 e. The van der Waals surface area contributed by atoms with Gasteiger partial charge < -0.3 is 9.84 Å². The minimum absolute atomic E-state index is 0.545. The van der Waals surface area contributed by atoms with Crippen LogP contribution in [0.15, 0.2) is 66.9 Å². The maximum Gasteiger partial charge on any atom is 0.337 e. The third-order valence-corrected chi connectivity index (χ3v) is 9.55.